The van der Waals surface area contributed by atoms with E-state index in [0.717, 1.165) is 11.4 Å². The molecule has 5 heteroatoms. The minimum atomic E-state index is -0.482. The summed E-state index contributed by atoms with van der Waals surface area (Å²) in [5, 5.41) is 3.42. The number of rotatable bonds is 3. The van der Waals surface area contributed by atoms with Crippen LogP contribution in [0.5, 0.6) is 0 Å². The van der Waals surface area contributed by atoms with E-state index in [2.05, 4.69) is 5.32 Å². The van der Waals surface area contributed by atoms with Crippen LogP contribution in [-0.4, -0.2) is 23.5 Å². The molecule has 1 aliphatic rings. The van der Waals surface area contributed by atoms with Crippen molar-refractivity contribution in [1.82, 2.24) is 0 Å². The number of amides is 1. The van der Waals surface area contributed by atoms with Crippen LogP contribution in [0.1, 0.15) is 23.2 Å². The zero-order valence-electron chi connectivity index (χ0n) is 9.61. The fraction of sp³-hybridized carbons (Fsp3) is 0.417. The van der Waals surface area contributed by atoms with E-state index in [1.54, 1.807) is 12.1 Å². The van der Waals surface area contributed by atoms with Gasteiger partial charge < -0.3 is 16.8 Å². The number of hydrogen-bond donors (Lipinski definition) is 3. The largest absolute Gasteiger partial charge is 0.398 e. The van der Waals surface area contributed by atoms with Gasteiger partial charge in [-0.05, 0) is 36.8 Å². The average molecular weight is 251 g/mol. The highest BCUT2D eigenvalue weighted by atomic mass is 32.2. The highest BCUT2D eigenvalue weighted by Gasteiger charge is 2.14. The maximum Gasteiger partial charge on any atom is 0.250 e. The Morgan fingerprint density at radius 1 is 1.47 bits per heavy atom. The third-order valence-corrected chi connectivity index (χ3v) is 4.07. The summed E-state index contributed by atoms with van der Waals surface area (Å²) in [6.07, 6.45) is 2.41. The molecule has 17 heavy (non-hydrogen) atoms. The number of nitrogens with two attached hydrogens (primary N) is 2. The molecule has 1 unspecified atom stereocenters. The fourth-order valence-corrected chi connectivity index (χ4v) is 3.02. The molecular formula is C12H17N3OS. The molecule has 1 heterocycles. The van der Waals surface area contributed by atoms with Crippen molar-refractivity contribution >= 4 is 29.0 Å². The molecule has 1 aromatic carbocycles. The van der Waals surface area contributed by atoms with E-state index < -0.39 is 5.91 Å². The predicted octanol–water partition coefficient (Wildman–Crippen LogP) is 1.68. The molecule has 0 bridgehead atoms. The van der Waals surface area contributed by atoms with E-state index in [-0.39, 0.29) is 0 Å². The molecule has 1 aromatic rings. The van der Waals surface area contributed by atoms with Crippen LogP contribution in [0.4, 0.5) is 11.4 Å². The summed E-state index contributed by atoms with van der Waals surface area (Å²) in [6, 6.07) is 5.81. The lowest BCUT2D eigenvalue weighted by molar-refractivity contribution is 0.100. The molecule has 1 fully saturated rings. The average Bonchev–Trinajstić information content (AvgIpc) is 2.32. The molecule has 0 aliphatic carbocycles. The topological polar surface area (TPSA) is 81.1 Å². The van der Waals surface area contributed by atoms with Crippen LogP contribution < -0.4 is 16.8 Å². The molecule has 1 atom stereocenters. The summed E-state index contributed by atoms with van der Waals surface area (Å²) in [6.45, 7) is 0. The molecule has 0 spiro atoms. The summed E-state index contributed by atoms with van der Waals surface area (Å²) in [5.74, 6) is 1.87. The number of nitrogens with one attached hydrogen (secondary N) is 1. The van der Waals surface area contributed by atoms with Gasteiger partial charge in [0.1, 0.15) is 0 Å². The molecule has 1 aliphatic heterocycles. The van der Waals surface area contributed by atoms with Gasteiger partial charge in [0.05, 0.1) is 5.56 Å². The normalized spacial score (nSPS) is 19.9. The zero-order chi connectivity index (χ0) is 12.3. The SMILES string of the molecule is NC(=O)c1cc(NC2CCCSC2)ccc1N. The molecule has 0 aromatic heterocycles. The second kappa shape index (κ2) is 5.31. The van der Waals surface area contributed by atoms with Gasteiger partial charge in [-0.2, -0.15) is 11.8 Å². The van der Waals surface area contributed by atoms with E-state index in [9.17, 15) is 4.79 Å². The minimum absolute atomic E-state index is 0.387. The monoisotopic (exact) mass is 251 g/mol. The molecular weight excluding hydrogens is 234 g/mol. The molecule has 1 saturated heterocycles. The minimum Gasteiger partial charge on any atom is -0.398 e. The molecule has 2 rings (SSSR count). The van der Waals surface area contributed by atoms with Gasteiger partial charge in [-0.3, -0.25) is 4.79 Å². The first-order chi connectivity index (χ1) is 8.16. The number of thioether (sulfide) groups is 1. The van der Waals surface area contributed by atoms with Crippen molar-refractivity contribution in [2.75, 3.05) is 22.6 Å². The number of nitrogen functional groups attached to an aromatic ring is 1. The number of carbonyl (C=O) groups excluding carboxylic acids is 1. The Morgan fingerprint density at radius 3 is 2.94 bits per heavy atom. The summed E-state index contributed by atoms with van der Waals surface area (Å²) >= 11 is 1.96. The molecule has 4 nitrogen and oxygen atoms in total. The van der Waals surface area contributed by atoms with Gasteiger partial charge in [0.15, 0.2) is 0 Å². The third kappa shape index (κ3) is 3.06. The lowest BCUT2D eigenvalue weighted by Crippen LogP contribution is -2.26. The number of benzene rings is 1. The maximum absolute atomic E-state index is 11.2. The molecule has 5 N–H and O–H groups in total. The molecule has 0 saturated carbocycles. The molecule has 1 amide bonds. The van der Waals surface area contributed by atoms with Gasteiger partial charge in [-0.25, -0.2) is 0 Å². The van der Waals surface area contributed by atoms with Crippen molar-refractivity contribution in [1.29, 1.82) is 0 Å². The van der Waals surface area contributed by atoms with Crippen molar-refractivity contribution in [2.24, 2.45) is 5.73 Å². The van der Waals surface area contributed by atoms with Gasteiger partial charge in [-0.1, -0.05) is 0 Å². The van der Waals surface area contributed by atoms with Crippen molar-refractivity contribution in [3.8, 4) is 0 Å². The van der Waals surface area contributed by atoms with Gasteiger partial charge >= 0.3 is 0 Å². The highest BCUT2D eigenvalue weighted by Crippen LogP contribution is 2.23. The highest BCUT2D eigenvalue weighted by molar-refractivity contribution is 7.99. The first-order valence-electron chi connectivity index (χ1n) is 5.70. The van der Waals surface area contributed by atoms with Gasteiger partial charge in [-0.15, -0.1) is 0 Å². The molecule has 0 radical (unpaired) electrons. The second-order valence-electron chi connectivity index (χ2n) is 4.22. The maximum atomic E-state index is 11.2. The number of hydrogen-bond acceptors (Lipinski definition) is 4. The standard InChI is InChI=1S/C12H17N3OS/c13-11-4-3-8(6-10(11)12(14)16)15-9-2-1-5-17-7-9/h3-4,6,9,15H,1-2,5,7,13H2,(H2,14,16). The lowest BCUT2D eigenvalue weighted by atomic mass is 10.1. The third-order valence-electron chi connectivity index (χ3n) is 2.85. The van der Waals surface area contributed by atoms with Crippen LogP contribution in [-0.2, 0) is 0 Å². The Kier molecular flexibility index (Phi) is 3.78. The van der Waals surface area contributed by atoms with E-state index in [1.807, 2.05) is 17.8 Å². The van der Waals surface area contributed by atoms with Crippen molar-refractivity contribution in [3.05, 3.63) is 23.8 Å². The van der Waals surface area contributed by atoms with Crippen molar-refractivity contribution in [2.45, 2.75) is 18.9 Å². The van der Waals surface area contributed by atoms with Gasteiger partial charge in [0.2, 0.25) is 0 Å². The number of primary amides is 1. The summed E-state index contributed by atoms with van der Waals surface area (Å²) in [4.78, 5) is 11.2. The predicted molar refractivity (Wildman–Crippen MR) is 73.3 cm³/mol. The zero-order valence-corrected chi connectivity index (χ0v) is 10.4. The van der Waals surface area contributed by atoms with Gasteiger partial charge in [0, 0.05) is 23.2 Å². The van der Waals surface area contributed by atoms with Gasteiger partial charge in [0.25, 0.3) is 5.91 Å². The number of carbonyl (C=O) groups is 1. The summed E-state index contributed by atoms with van der Waals surface area (Å²) < 4.78 is 0. The van der Waals surface area contributed by atoms with E-state index in [4.69, 9.17) is 11.5 Å². The van der Waals surface area contributed by atoms with E-state index in [1.165, 1.54) is 18.6 Å². The smallest absolute Gasteiger partial charge is 0.250 e. The summed E-state index contributed by atoms with van der Waals surface area (Å²) in [5.41, 5.74) is 12.7. The van der Waals surface area contributed by atoms with Crippen LogP contribution in [0.15, 0.2) is 18.2 Å². The Balaban J connectivity index is 2.10. The quantitative estimate of drug-likeness (QED) is 0.714. The lowest BCUT2D eigenvalue weighted by Gasteiger charge is -2.23. The molecule has 92 valence electrons. The first-order valence-corrected chi connectivity index (χ1v) is 6.86. The first kappa shape index (κ1) is 12.1. The van der Waals surface area contributed by atoms with E-state index >= 15 is 0 Å². The van der Waals surface area contributed by atoms with Crippen LogP contribution in [0, 0.1) is 0 Å². The Bertz CT molecular complexity index is 416. The van der Waals surface area contributed by atoms with Crippen LogP contribution in [0.3, 0.4) is 0 Å². The van der Waals surface area contributed by atoms with Crippen LogP contribution in [0.2, 0.25) is 0 Å². The van der Waals surface area contributed by atoms with E-state index in [0.29, 0.717) is 17.3 Å². The summed E-state index contributed by atoms with van der Waals surface area (Å²) in [7, 11) is 0. The van der Waals surface area contributed by atoms with Crippen molar-refractivity contribution in [3.63, 3.8) is 0 Å². The Labute approximate surface area is 105 Å². The van der Waals surface area contributed by atoms with Crippen molar-refractivity contribution < 1.29 is 4.79 Å². The number of anilines is 2. The van der Waals surface area contributed by atoms with Crippen LogP contribution >= 0.6 is 11.8 Å². The Morgan fingerprint density at radius 2 is 2.29 bits per heavy atom. The van der Waals surface area contributed by atoms with Crippen LogP contribution in [0.25, 0.3) is 0 Å². The Hall–Kier alpha value is -1.36. The fourth-order valence-electron chi connectivity index (χ4n) is 1.95. The second-order valence-corrected chi connectivity index (χ2v) is 5.37.